The second-order valence-electron chi connectivity index (χ2n) is 10.6. The lowest BCUT2D eigenvalue weighted by molar-refractivity contribution is -0.140. The number of nitrogens with zero attached hydrogens (tertiary/aromatic N) is 2. The van der Waals surface area contributed by atoms with E-state index in [9.17, 15) is 31.1 Å². The molecule has 1 amide bonds. The van der Waals surface area contributed by atoms with Crippen LogP contribution < -0.4 is 10.0 Å². The molecule has 2 aliphatic heterocycles. The van der Waals surface area contributed by atoms with E-state index in [2.05, 4.69) is 14.4 Å². The number of benzene rings is 2. The van der Waals surface area contributed by atoms with Crippen molar-refractivity contribution in [1.82, 2.24) is 4.90 Å². The minimum absolute atomic E-state index is 0.0441. The molecule has 2 aromatic carbocycles. The first kappa shape index (κ1) is 25.8. The Hall–Kier alpha value is -3.45. The van der Waals surface area contributed by atoms with Crippen LogP contribution in [0.15, 0.2) is 63.1 Å². The van der Waals surface area contributed by atoms with E-state index < -0.39 is 31.8 Å². The summed E-state index contributed by atoms with van der Waals surface area (Å²) in [6.45, 7) is 0.178. The van der Waals surface area contributed by atoms with Crippen molar-refractivity contribution in [3.8, 4) is 0 Å². The zero-order valence-electron chi connectivity index (χ0n) is 21.0. The van der Waals surface area contributed by atoms with Crippen molar-refractivity contribution in [3.05, 3.63) is 65.2 Å². The van der Waals surface area contributed by atoms with Gasteiger partial charge in [0.1, 0.15) is 22.0 Å². The van der Waals surface area contributed by atoms with Crippen LogP contribution in [0.4, 0.5) is 15.8 Å². The van der Waals surface area contributed by atoms with E-state index in [0.717, 1.165) is 38.0 Å². The zero-order valence-corrected chi connectivity index (χ0v) is 22.6. The summed E-state index contributed by atoms with van der Waals surface area (Å²) in [5.74, 6) is -1.41. The highest BCUT2D eigenvalue weighted by molar-refractivity contribution is 7.92. The maximum Gasteiger partial charge on any atom is 0.286 e. The number of rotatable bonds is 5. The lowest BCUT2D eigenvalue weighted by atomic mass is 9.59. The summed E-state index contributed by atoms with van der Waals surface area (Å²) in [6, 6.07) is 9.52. The van der Waals surface area contributed by atoms with Gasteiger partial charge in [-0.3, -0.25) is 9.52 Å². The van der Waals surface area contributed by atoms with Crippen LogP contribution in [0.3, 0.4) is 0 Å². The van der Waals surface area contributed by atoms with Crippen molar-refractivity contribution in [3.63, 3.8) is 0 Å². The lowest BCUT2D eigenvalue weighted by Crippen LogP contribution is -2.60. The van der Waals surface area contributed by atoms with Crippen LogP contribution in [0.5, 0.6) is 0 Å². The molecule has 3 aliphatic carbocycles. The van der Waals surface area contributed by atoms with E-state index >= 15 is 0 Å². The Morgan fingerprint density at radius 3 is 2.44 bits per heavy atom. The number of carbonyl (C=O) groups excluding carboxylic acids is 1. The maximum absolute atomic E-state index is 14.0. The van der Waals surface area contributed by atoms with Crippen LogP contribution in [0, 0.1) is 23.6 Å². The van der Waals surface area contributed by atoms with E-state index in [1.807, 2.05) is 0 Å². The van der Waals surface area contributed by atoms with Crippen LogP contribution in [0.25, 0.3) is 0 Å². The fourth-order valence-corrected chi connectivity index (χ4v) is 8.24. The SMILES string of the molecule is CS(=O)(=O)Nc1ccc2c(c1)S(=O)(=O)N=C(C1=C(O)C3C4CCC(CC4)[C@@H]3N(Cc3ccc(F)cc3)C1=O)N2. The van der Waals surface area contributed by atoms with Gasteiger partial charge < -0.3 is 15.3 Å². The number of anilines is 2. The molecule has 5 aliphatic rings. The molecule has 3 N–H and O–H groups in total. The summed E-state index contributed by atoms with van der Waals surface area (Å²) in [6.07, 6.45) is 4.62. The van der Waals surface area contributed by atoms with Crippen LogP contribution in [-0.4, -0.2) is 50.9 Å². The van der Waals surface area contributed by atoms with Crippen LogP contribution in [0.2, 0.25) is 0 Å². The number of fused-ring (bicyclic) bond motifs is 3. The Bertz CT molecular complexity index is 1650. The molecule has 3 fully saturated rings. The predicted octanol–water partition coefficient (Wildman–Crippen LogP) is 3.37. The first-order valence-corrected chi connectivity index (χ1v) is 16.0. The third-order valence-electron chi connectivity index (χ3n) is 8.11. The van der Waals surface area contributed by atoms with Crippen molar-refractivity contribution < 1.29 is 31.1 Å². The summed E-state index contributed by atoms with van der Waals surface area (Å²) >= 11 is 0. The molecule has 2 aromatic rings. The summed E-state index contributed by atoms with van der Waals surface area (Å²) in [5, 5.41) is 14.4. The molecule has 2 atom stereocenters. The Morgan fingerprint density at radius 2 is 1.77 bits per heavy atom. The van der Waals surface area contributed by atoms with Crippen molar-refractivity contribution in [1.29, 1.82) is 0 Å². The van der Waals surface area contributed by atoms with E-state index in [4.69, 9.17) is 0 Å². The highest BCUT2D eigenvalue weighted by atomic mass is 32.2. The number of nitrogens with one attached hydrogen (secondary N) is 2. The highest BCUT2D eigenvalue weighted by Gasteiger charge is 2.54. The number of carbonyl (C=O) groups is 1. The monoisotopic (exact) mass is 574 g/mol. The molecule has 7 rings (SSSR count). The molecule has 1 unspecified atom stereocenters. The Labute approximate surface area is 225 Å². The number of amides is 1. The first-order chi connectivity index (χ1) is 18.4. The number of aliphatic hydroxyl groups excluding tert-OH is 1. The third-order valence-corrected chi connectivity index (χ3v) is 10.0. The zero-order chi connectivity index (χ0) is 27.7. The standard InChI is InChI=1S/C26H27FN4O6S2/c1-38(34,35)29-18-10-11-19-20(12-18)39(36,37)30-25(28-19)22-24(32)21-15-4-6-16(7-5-15)23(21)31(26(22)33)13-14-2-8-17(27)9-3-14/h2-3,8-12,15-16,21,23,29,32H,4-7,13H2,1H3,(H,28,30)/t15?,16?,21?,23-/m0/s1. The van der Waals surface area contributed by atoms with Crippen LogP contribution >= 0.6 is 0 Å². The quantitative estimate of drug-likeness (QED) is 0.496. The second kappa shape index (κ2) is 9.05. The van der Waals surface area contributed by atoms with Gasteiger partial charge >= 0.3 is 0 Å². The normalized spacial score (nSPS) is 27.4. The van der Waals surface area contributed by atoms with Gasteiger partial charge in [0, 0.05) is 24.2 Å². The van der Waals surface area contributed by atoms with E-state index in [-0.39, 0.29) is 63.8 Å². The van der Waals surface area contributed by atoms with Gasteiger partial charge in [-0.25, -0.2) is 12.8 Å². The van der Waals surface area contributed by atoms with Gasteiger partial charge in [-0.05, 0) is 73.4 Å². The average Bonchev–Trinajstić information content (AvgIpc) is 2.87. The van der Waals surface area contributed by atoms with Gasteiger partial charge in [-0.2, -0.15) is 8.42 Å². The van der Waals surface area contributed by atoms with Crippen molar-refractivity contribution in [2.24, 2.45) is 22.2 Å². The van der Waals surface area contributed by atoms with Gasteiger partial charge in [0.15, 0.2) is 5.84 Å². The van der Waals surface area contributed by atoms with E-state index in [1.165, 1.54) is 24.3 Å². The Balaban J connectivity index is 1.42. The highest BCUT2D eigenvalue weighted by Crippen LogP contribution is 2.52. The summed E-state index contributed by atoms with van der Waals surface area (Å²) < 4.78 is 69.3. The molecule has 2 bridgehead atoms. The Morgan fingerprint density at radius 1 is 1.10 bits per heavy atom. The predicted molar refractivity (Wildman–Crippen MR) is 142 cm³/mol. The molecule has 39 heavy (non-hydrogen) atoms. The van der Waals surface area contributed by atoms with E-state index in [1.54, 1.807) is 17.0 Å². The van der Waals surface area contributed by atoms with E-state index in [0.29, 0.717) is 5.56 Å². The van der Waals surface area contributed by atoms with Gasteiger partial charge in [0.25, 0.3) is 15.9 Å². The van der Waals surface area contributed by atoms with Crippen LogP contribution in [0.1, 0.15) is 31.2 Å². The fraction of sp³-hybridized carbons (Fsp3) is 0.385. The smallest absolute Gasteiger partial charge is 0.286 e. The van der Waals surface area contributed by atoms with Gasteiger partial charge in [0.2, 0.25) is 10.0 Å². The molecule has 0 saturated heterocycles. The van der Waals surface area contributed by atoms with Gasteiger partial charge in [-0.15, -0.1) is 4.40 Å². The molecule has 206 valence electrons. The largest absolute Gasteiger partial charge is 0.511 e. The molecule has 0 radical (unpaired) electrons. The number of hydrogen-bond acceptors (Lipinski definition) is 7. The molecule has 3 saturated carbocycles. The van der Waals surface area contributed by atoms with Crippen LogP contribution in [-0.2, 0) is 31.4 Å². The number of amidine groups is 1. The number of sulfonamides is 2. The summed E-state index contributed by atoms with van der Waals surface area (Å²) in [4.78, 5) is 15.4. The number of aliphatic hydroxyl groups is 1. The molecule has 0 spiro atoms. The molecular formula is C26H27FN4O6S2. The third kappa shape index (κ3) is 4.56. The fourth-order valence-electron chi connectivity index (χ4n) is 6.54. The molecular weight excluding hydrogens is 547 g/mol. The average molecular weight is 575 g/mol. The van der Waals surface area contributed by atoms with Crippen molar-refractivity contribution in [2.75, 3.05) is 16.3 Å². The Kier molecular flexibility index (Phi) is 5.99. The molecule has 0 aromatic heterocycles. The minimum atomic E-state index is -4.35. The van der Waals surface area contributed by atoms with Crippen molar-refractivity contribution in [2.45, 2.75) is 43.2 Å². The van der Waals surface area contributed by atoms with Gasteiger partial charge in [-0.1, -0.05) is 12.1 Å². The molecule has 2 heterocycles. The molecule has 10 nitrogen and oxygen atoms in total. The number of halogens is 1. The number of hydrogen-bond donors (Lipinski definition) is 3. The lowest BCUT2D eigenvalue weighted by Gasteiger charge is -2.54. The summed E-state index contributed by atoms with van der Waals surface area (Å²) in [5.41, 5.74) is 0.665. The van der Waals surface area contributed by atoms with Gasteiger partial charge in [0.05, 0.1) is 11.9 Å². The minimum Gasteiger partial charge on any atom is -0.511 e. The van der Waals surface area contributed by atoms with Crippen molar-refractivity contribution >= 4 is 43.2 Å². The summed E-state index contributed by atoms with van der Waals surface area (Å²) in [7, 11) is -8.00. The maximum atomic E-state index is 14.0. The first-order valence-electron chi connectivity index (χ1n) is 12.6. The topological polar surface area (TPSA) is 145 Å². The molecule has 13 heteroatoms. The second-order valence-corrected chi connectivity index (χ2v) is 14.0.